The minimum atomic E-state index is -0.00755. The van der Waals surface area contributed by atoms with Crippen molar-refractivity contribution in [1.82, 2.24) is 10.3 Å². The molecule has 22 heavy (non-hydrogen) atoms. The second-order valence-electron chi connectivity index (χ2n) is 5.02. The van der Waals surface area contributed by atoms with Crippen LogP contribution in [0.25, 0.3) is 11.1 Å². The molecule has 0 aliphatic rings. The molecule has 0 saturated heterocycles. The molecule has 0 bridgehead atoms. The Bertz CT molecular complexity index is 613. The molecule has 0 fully saturated rings. The summed E-state index contributed by atoms with van der Waals surface area (Å²) < 4.78 is 0. The second-order valence-corrected chi connectivity index (χ2v) is 5.02. The number of rotatable bonds is 7. The van der Waals surface area contributed by atoms with Crippen LogP contribution in [0.15, 0.2) is 42.6 Å². The fraction of sp³-hybridized carbons (Fsp3) is 0.294. The van der Waals surface area contributed by atoms with Crippen LogP contribution in [0.1, 0.15) is 18.9 Å². The minimum absolute atomic E-state index is 0.00755. The summed E-state index contributed by atoms with van der Waals surface area (Å²) in [5.41, 5.74) is 9.16. The highest BCUT2D eigenvalue weighted by molar-refractivity contribution is 5.73. The Hall–Kier alpha value is -2.40. The van der Waals surface area contributed by atoms with E-state index in [1.165, 1.54) is 6.92 Å². The van der Waals surface area contributed by atoms with Gasteiger partial charge in [0.2, 0.25) is 5.91 Å². The first-order chi connectivity index (χ1) is 10.7. The van der Waals surface area contributed by atoms with E-state index >= 15 is 0 Å². The highest BCUT2D eigenvalue weighted by Crippen LogP contribution is 2.27. The molecule has 1 aromatic carbocycles. The first kappa shape index (κ1) is 16.0. The molecular formula is C17H22N4O. The smallest absolute Gasteiger partial charge is 0.216 e. The van der Waals surface area contributed by atoms with Crippen LogP contribution in [0.4, 0.5) is 5.82 Å². The van der Waals surface area contributed by atoms with Gasteiger partial charge in [0.05, 0.1) is 0 Å². The quantitative estimate of drug-likeness (QED) is 0.684. The van der Waals surface area contributed by atoms with Gasteiger partial charge in [0, 0.05) is 38.3 Å². The number of pyridine rings is 1. The van der Waals surface area contributed by atoms with E-state index in [1.54, 1.807) is 6.20 Å². The molecule has 2 rings (SSSR count). The van der Waals surface area contributed by atoms with Crippen LogP contribution in [0.3, 0.4) is 0 Å². The van der Waals surface area contributed by atoms with Crippen LogP contribution in [-0.4, -0.2) is 24.0 Å². The van der Waals surface area contributed by atoms with Gasteiger partial charge < -0.3 is 16.4 Å². The summed E-state index contributed by atoms with van der Waals surface area (Å²) in [4.78, 5) is 15.2. The van der Waals surface area contributed by atoms with E-state index in [4.69, 9.17) is 5.73 Å². The van der Waals surface area contributed by atoms with Gasteiger partial charge in [-0.25, -0.2) is 4.98 Å². The van der Waals surface area contributed by atoms with E-state index in [2.05, 4.69) is 27.8 Å². The molecule has 0 unspecified atom stereocenters. The van der Waals surface area contributed by atoms with Crippen LogP contribution in [0.5, 0.6) is 0 Å². The first-order valence-electron chi connectivity index (χ1n) is 7.44. The van der Waals surface area contributed by atoms with Gasteiger partial charge in [0.1, 0.15) is 5.82 Å². The molecule has 0 spiro atoms. The molecule has 0 saturated carbocycles. The molecule has 5 nitrogen and oxygen atoms in total. The van der Waals surface area contributed by atoms with Gasteiger partial charge in [-0.1, -0.05) is 30.3 Å². The Labute approximate surface area is 130 Å². The first-order valence-corrected chi connectivity index (χ1v) is 7.44. The highest BCUT2D eigenvalue weighted by Gasteiger charge is 2.09. The maximum atomic E-state index is 10.8. The molecule has 0 radical (unpaired) electrons. The average Bonchev–Trinajstić information content (AvgIpc) is 2.54. The average molecular weight is 298 g/mol. The molecule has 4 N–H and O–H groups in total. The summed E-state index contributed by atoms with van der Waals surface area (Å²) >= 11 is 0. The lowest BCUT2D eigenvalue weighted by Gasteiger charge is -2.14. The summed E-state index contributed by atoms with van der Waals surface area (Å²) in [6, 6.07) is 12.1. The van der Waals surface area contributed by atoms with Crippen molar-refractivity contribution < 1.29 is 4.79 Å². The highest BCUT2D eigenvalue weighted by atomic mass is 16.1. The second kappa shape index (κ2) is 8.14. The molecule has 1 heterocycles. The Kier molecular flexibility index (Phi) is 5.91. The molecule has 1 amide bonds. The third-order valence-corrected chi connectivity index (χ3v) is 3.36. The van der Waals surface area contributed by atoms with E-state index in [1.807, 2.05) is 24.3 Å². The number of amides is 1. The topological polar surface area (TPSA) is 80.0 Å². The van der Waals surface area contributed by atoms with E-state index < -0.39 is 0 Å². The summed E-state index contributed by atoms with van der Waals surface area (Å²) in [5.74, 6) is 0.804. The number of hydrogen-bond acceptors (Lipinski definition) is 4. The molecule has 5 heteroatoms. The van der Waals surface area contributed by atoms with Gasteiger partial charge in [0.25, 0.3) is 0 Å². The van der Waals surface area contributed by atoms with Gasteiger partial charge >= 0.3 is 0 Å². The number of nitrogens with zero attached hydrogens (tertiary/aromatic N) is 1. The van der Waals surface area contributed by atoms with Gasteiger partial charge in [-0.2, -0.15) is 0 Å². The molecule has 1 aromatic heterocycles. The number of nitrogens with two attached hydrogens (primary N) is 1. The van der Waals surface area contributed by atoms with Crippen molar-refractivity contribution in [2.24, 2.45) is 5.73 Å². The van der Waals surface area contributed by atoms with E-state index in [0.717, 1.165) is 35.5 Å². The molecule has 116 valence electrons. The maximum absolute atomic E-state index is 10.8. The van der Waals surface area contributed by atoms with Crippen molar-refractivity contribution in [1.29, 1.82) is 0 Å². The number of carbonyl (C=O) groups excluding carboxylic acids is 1. The van der Waals surface area contributed by atoms with Crippen molar-refractivity contribution in [3.63, 3.8) is 0 Å². The summed E-state index contributed by atoms with van der Waals surface area (Å²) in [6.07, 6.45) is 2.62. The number of benzene rings is 1. The fourth-order valence-corrected chi connectivity index (χ4v) is 2.30. The van der Waals surface area contributed by atoms with Crippen molar-refractivity contribution >= 4 is 11.7 Å². The van der Waals surface area contributed by atoms with Crippen LogP contribution in [-0.2, 0) is 11.3 Å². The number of hydrogen-bond donors (Lipinski definition) is 3. The zero-order valence-corrected chi connectivity index (χ0v) is 12.8. The predicted octanol–water partition coefficient (Wildman–Crippen LogP) is 2.15. The van der Waals surface area contributed by atoms with Gasteiger partial charge in [-0.15, -0.1) is 0 Å². The summed E-state index contributed by atoms with van der Waals surface area (Å²) in [5, 5.41) is 6.08. The van der Waals surface area contributed by atoms with Crippen molar-refractivity contribution in [2.45, 2.75) is 19.9 Å². The third kappa shape index (κ3) is 4.30. The largest absolute Gasteiger partial charge is 0.370 e. The zero-order chi connectivity index (χ0) is 15.8. The van der Waals surface area contributed by atoms with E-state index in [0.29, 0.717) is 13.1 Å². The molecule has 0 aliphatic heterocycles. The molecule has 0 aliphatic carbocycles. The normalized spacial score (nSPS) is 10.3. The third-order valence-electron chi connectivity index (χ3n) is 3.36. The van der Waals surface area contributed by atoms with Crippen molar-refractivity contribution in [3.05, 3.63) is 48.2 Å². The Morgan fingerprint density at radius 3 is 2.64 bits per heavy atom. The summed E-state index contributed by atoms with van der Waals surface area (Å²) in [6.45, 7) is 3.33. The predicted molar refractivity (Wildman–Crippen MR) is 89.4 cm³/mol. The molecule has 0 atom stereocenters. The molecule has 2 aromatic rings. The van der Waals surface area contributed by atoms with Crippen molar-refractivity contribution in [2.75, 3.05) is 18.4 Å². The van der Waals surface area contributed by atoms with Gasteiger partial charge in [0.15, 0.2) is 0 Å². The lowest BCUT2D eigenvalue weighted by Crippen LogP contribution is -2.23. The number of carbonyl (C=O) groups is 1. The van der Waals surface area contributed by atoms with E-state index in [9.17, 15) is 4.79 Å². The van der Waals surface area contributed by atoms with Crippen LogP contribution in [0.2, 0.25) is 0 Å². The number of aromatic nitrogens is 1. The minimum Gasteiger partial charge on any atom is -0.370 e. The SMILES string of the molecule is CC(=O)NCCCNc1nccc(-c2ccccc2)c1CN. The lowest BCUT2D eigenvalue weighted by molar-refractivity contribution is -0.118. The fourth-order valence-electron chi connectivity index (χ4n) is 2.30. The zero-order valence-electron chi connectivity index (χ0n) is 12.8. The van der Waals surface area contributed by atoms with Gasteiger partial charge in [-0.3, -0.25) is 4.79 Å². The number of nitrogens with one attached hydrogen (secondary N) is 2. The van der Waals surface area contributed by atoms with Gasteiger partial charge in [-0.05, 0) is 23.6 Å². The van der Waals surface area contributed by atoms with Crippen LogP contribution in [0, 0.1) is 0 Å². The summed E-state index contributed by atoms with van der Waals surface area (Å²) in [7, 11) is 0. The van der Waals surface area contributed by atoms with E-state index in [-0.39, 0.29) is 5.91 Å². The maximum Gasteiger partial charge on any atom is 0.216 e. The van der Waals surface area contributed by atoms with Crippen LogP contribution < -0.4 is 16.4 Å². The van der Waals surface area contributed by atoms with Crippen LogP contribution >= 0.6 is 0 Å². The van der Waals surface area contributed by atoms with Crippen molar-refractivity contribution in [3.8, 4) is 11.1 Å². The Morgan fingerprint density at radius 1 is 1.18 bits per heavy atom. The number of anilines is 1. The monoisotopic (exact) mass is 298 g/mol. The Morgan fingerprint density at radius 2 is 1.95 bits per heavy atom. The standard InChI is InChI=1S/C17H22N4O/c1-13(22)19-9-5-10-20-17-16(12-18)15(8-11-21-17)14-6-3-2-4-7-14/h2-4,6-8,11H,5,9-10,12,18H2,1H3,(H,19,22)(H,20,21). The molecular weight excluding hydrogens is 276 g/mol. The lowest BCUT2D eigenvalue weighted by atomic mass is 10.0. The Balaban J connectivity index is 2.07.